The Kier molecular flexibility index (Phi) is 5.32. The van der Waals surface area contributed by atoms with Gasteiger partial charge in [-0.05, 0) is 35.6 Å². The molecule has 0 unspecified atom stereocenters. The van der Waals surface area contributed by atoms with Gasteiger partial charge in [0.15, 0.2) is 0 Å². The maximum Gasteiger partial charge on any atom is 0.419 e. The number of hydrogen-bond acceptors (Lipinski definition) is 3. The van der Waals surface area contributed by atoms with Crippen LogP contribution in [-0.4, -0.2) is 28.3 Å². The van der Waals surface area contributed by atoms with Gasteiger partial charge in [0.1, 0.15) is 11.5 Å². The zero-order valence-corrected chi connectivity index (χ0v) is 15.3. The summed E-state index contributed by atoms with van der Waals surface area (Å²) in [7, 11) is 0. The highest BCUT2D eigenvalue weighted by Crippen LogP contribution is 2.26. The van der Waals surface area contributed by atoms with Gasteiger partial charge in [0.25, 0.3) is 0 Å². The van der Waals surface area contributed by atoms with Crippen molar-refractivity contribution in [1.29, 1.82) is 0 Å². The third kappa shape index (κ3) is 3.95. The van der Waals surface area contributed by atoms with E-state index in [1.54, 1.807) is 0 Å². The number of carbonyl (C=O) groups is 2. The van der Waals surface area contributed by atoms with Gasteiger partial charge in [0, 0.05) is 10.7 Å². The Balaban J connectivity index is 2.43. The lowest BCUT2D eigenvalue weighted by Crippen LogP contribution is -2.21. The molecule has 2 aromatic rings. The molecule has 1 aromatic carbocycles. The second-order valence-corrected chi connectivity index (χ2v) is 7.29. The summed E-state index contributed by atoms with van der Waals surface area (Å²) >= 11 is 3.18. The van der Waals surface area contributed by atoms with Gasteiger partial charge in [-0.1, -0.05) is 36.7 Å². The smallest absolute Gasteiger partial charge is 0.419 e. The number of aromatic carboxylic acids is 1. The lowest BCUT2D eigenvalue weighted by molar-refractivity contribution is 0.0680. The summed E-state index contributed by atoms with van der Waals surface area (Å²) in [6.45, 7) is 6.17. The number of rotatable bonds is 4. The standard InChI is InChI=1S/C17H19BrFNO4/c1-17(2,3)4-5-24-16(23)20-13-8-12(19)11(9-18)6-10(13)7-14(20)15(21)22/h6-8H,4-5,9H2,1-3H3,(H,21,22). The van der Waals surface area contributed by atoms with Gasteiger partial charge >= 0.3 is 12.1 Å². The van der Waals surface area contributed by atoms with Crippen LogP contribution in [0.1, 0.15) is 43.2 Å². The summed E-state index contributed by atoms with van der Waals surface area (Å²) in [5.41, 5.74) is 0.288. The number of carboxylic acid groups (broad SMARTS) is 1. The Labute approximate surface area is 147 Å². The topological polar surface area (TPSA) is 68.5 Å². The number of hydrogen-bond donors (Lipinski definition) is 1. The first-order valence-electron chi connectivity index (χ1n) is 7.44. The van der Waals surface area contributed by atoms with Crippen molar-refractivity contribution in [2.75, 3.05) is 6.61 Å². The Morgan fingerprint density at radius 3 is 2.50 bits per heavy atom. The minimum atomic E-state index is -1.28. The van der Waals surface area contributed by atoms with Gasteiger partial charge in [-0.3, -0.25) is 0 Å². The molecule has 5 nitrogen and oxygen atoms in total. The monoisotopic (exact) mass is 399 g/mol. The number of aromatic nitrogens is 1. The molecule has 0 spiro atoms. The van der Waals surface area contributed by atoms with E-state index in [4.69, 9.17) is 4.74 Å². The van der Waals surface area contributed by atoms with Crippen LogP contribution in [0.3, 0.4) is 0 Å². The number of carbonyl (C=O) groups excluding carboxylic acids is 1. The fourth-order valence-corrected chi connectivity index (χ4v) is 2.67. The van der Waals surface area contributed by atoms with Gasteiger partial charge in [-0.25, -0.2) is 18.5 Å². The predicted molar refractivity (Wildman–Crippen MR) is 92.3 cm³/mol. The van der Waals surface area contributed by atoms with E-state index in [1.807, 2.05) is 20.8 Å². The third-order valence-corrected chi connectivity index (χ3v) is 4.20. The first kappa shape index (κ1) is 18.4. The SMILES string of the molecule is CC(C)(C)CCOC(=O)n1c(C(=O)O)cc2cc(CBr)c(F)cc21. The first-order chi connectivity index (χ1) is 11.1. The maximum absolute atomic E-state index is 14.0. The van der Waals surface area contributed by atoms with Gasteiger partial charge in [-0.15, -0.1) is 0 Å². The molecule has 130 valence electrons. The molecule has 1 heterocycles. The zero-order valence-electron chi connectivity index (χ0n) is 13.7. The Bertz CT molecular complexity index is 792. The van der Waals surface area contributed by atoms with Crippen LogP contribution in [0.5, 0.6) is 0 Å². The molecular formula is C17H19BrFNO4. The van der Waals surface area contributed by atoms with E-state index < -0.39 is 17.9 Å². The van der Waals surface area contributed by atoms with Gasteiger partial charge in [0.05, 0.1) is 12.1 Å². The predicted octanol–water partition coefficient (Wildman–Crippen LogP) is 4.79. The normalized spacial score (nSPS) is 11.7. The zero-order chi connectivity index (χ0) is 18.1. The van der Waals surface area contributed by atoms with Crippen LogP contribution in [-0.2, 0) is 10.1 Å². The molecule has 0 radical (unpaired) electrons. The average Bonchev–Trinajstić information content (AvgIpc) is 2.83. The summed E-state index contributed by atoms with van der Waals surface area (Å²) < 4.78 is 20.1. The molecule has 0 amide bonds. The molecule has 0 aliphatic rings. The molecule has 7 heteroatoms. The number of halogens is 2. The van der Waals surface area contributed by atoms with Crippen molar-refractivity contribution >= 4 is 38.9 Å². The first-order valence-corrected chi connectivity index (χ1v) is 8.56. The highest BCUT2D eigenvalue weighted by atomic mass is 79.9. The van der Waals surface area contributed by atoms with E-state index in [0.29, 0.717) is 22.7 Å². The van der Waals surface area contributed by atoms with Crippen LogP contribution >= 0.6 is 15.9 Å². The average molecular weight is 400 g/mol. The van der Waals surface area contributed by atoms with E-state index in [2.05, 4.69) is 15.9 Å². The van der Waals surface area contributed by atoms with E-state index in [9.17, 15) is 19.1 Å². The van der Waals surface area contributed by atoms with Gasteiger partial charge < -0.3 is 9.84 Å². The fourth-order valence-electron chi connectivity index (χ4n) is 2.24. The van der Waals surface area contributed by atoms with Crippen molar-refractivity contribution in [1.82, 2.24) is 4.57 Å². The summed E-state index contributed by atoms with van der Waals surface area (Å²) in [5, 5.41) is 10.1. The molecule has 1 aromatic heterocycles. The lowest BCUT2D eigenvalue weighted by Gasteiger charge is -2.18. The Morgan fingerprint density at radius 1 is 1.29 bits per heavy atom. The van der Waals surface area contributed by atoms with Crippen molar-refractivity contribution < 1.29 is 23.8 Å². The number of fused-ring (bicyclic) bond motifs is 1. The van der Waals surface area contributed by atoms with Crippen molar-refractivity contribution in [2.45, 2.75) is 32.5 Å². The molecular weight excluding hydrogens is 381 g/mol. The van der Waals surface area contributed by atoms with Crippen LogP contribution in [0, 0.1) is 11.2 Å². The largest absolute Gasteiger partial charge is 0.477 e. The molecule has 0 bridgehead atoms. The van der Waals surface area contributed by atoms with Crippen LogP contribution in [0.2, 0.25) is 0 Å². The van der Waals surface area contributed by atoms with E-state index in [-0.39, 0.29) is 23.2 Å². The Morgan fingerprint density at radius 2 is 1.96 bits per heavy atom. The number of carboxylic acids is 1. The molecule has 2 rings (SSSR count). The number of ether oxygens (including phenoxy) is 1. The lowest BCUT2D eigenvalue weighted by atomic mass is 9.93. The van der Waals surface area contributed by atoms with Crippen molar-refractivity contribution in [3.8, 4) is 0 Å². The van der Waals surface area contributed by atoms with Gasteiger partial charge in [-0.2, -0.15) is 0 Å². The molecule has 1 N–H and O–H groups in total. The Hall–Kier alpha value is -1.89. The van der Waals surface area contributed by atoms with Crippen LogP contribution < -0.4 is 0 Å². The summed E-state index contributed by atoms with van der Waals surface area (Å²) in [6.07, 6.45) is -0.194. The van der Waals surface area contributed by atoms with Crippen molar-refractivity contribution in [3.05, 3.63) is 35.3 Å². The quantitative estimate of drug-likeness (QED) is 0.749. The third-order valence-electron chi connectivity index (χ3n) is 3.59. The number of nitrogens with zero attached hydrogens (tertiary/aromatic N) is 1. The van der Waals surface area contributed by atoms with E-state index in [1.165, 1.54) is 12.1 Å². The van der Waals surface area contributed by atoms with Crippen molar-refractivity contribution in [3.63, 3.8) is 0 Å². The second-order valence-electron chi connectivity index (χ2n) is 6.73. The second kappa shape index (κ2) is 6.93. The van der Waals surface area contributed by atoms with Crippen LogP contribution in [0.4, 0.5) is 9.18 Å². The summed E-state index contributed by atoms with van der Waals surface area (Å²) in [5.74, 6) is -1.79. The minimum Gasteiger partial charge on any atom is -0.477 e. The van der Waals surface area contributed by atoms with Gasteiger partial charge in [0.2, 0.25) is 0 Å². The molecule has 0 aliphatic carbocycles. The summed E-state index contributed by atoms with van der Waals surface area (Å²) in [6, 6.07) is 4.02. The number of alkyl halides is 1. The fraction of sp³-hybridized carbons (Fsp3) is 0.412. The molecule has 0 aliphatic heterocycles. The molecule has 0 saturated carbocycles. The molecule has 24 heavy (non-hydrogen) atoms. The van der Waals surface area contributed by atoms with Crippen molar-refractivity contribution in [2.24, 2.45) is 5.41 Å². The highest BCUT2D eigenvalue weighted by molar-refractivity contribution is 9.08. The highest BCUT2D eigenvalue weighted by Gasteiger charge is 2.23. The molecule has 0 fully saturated rings. The van der Waals surface area contributed by atoms with Crippen LogP contribution in [0.15, 0.2) is 18.2 Å². The summed E-state index contributed by atoms with van der Waals surface area (Å²) in [4.78, 5) is 23.8. The molecule has 0 atom stereocenters. The van der Waals surface area contributed by atoms with E-state index >= 15 is 0 Å². The molecule has 0 saturated heterocycles. The van der Waals surface area contributed by atoms with E-state index in [0.717, 1.165) is 10.6 Å². The number of benzene rings is 1. The maximum atomic E-state index is 14.0. The van der Waals surface area contributed by atoms with Crippen LogP contribution in [0.25, 0.3) is 10.9 Å². The minimum absolute atomic E-state index is 0.0223.